The van der Waals surface area contributed by atoms with Gasteiger partial charge in [0.1, 0.15) is 17.2 Å². The molecule has 82 valence electrons. The van der Waals surface area contributed by atoms with Gasteiger partial charge in [-0.25, -0.2) is 9.97 Å². The van der Waals surface area contributed by atoms with Gasteiger partial charge in [-0.3, -0.25) is 0 Å². The fourth-order valence-corrected chi connectivity index (χ4v) is 1.95. The molecule has 0 saturated heterocycles. The SMILES string of the molecule is CC1(C)C(N)CC1Nc1ncncc1Cl. The molecule has 4 nitrogen and oxygen atoms in total. The van der Waals surface area contributed by atoms with E-state index in [2.05, 4.69) is 29.1 Å². The van der Waals surface area contributed by atoms with Crippen LogP contribution >= 0.6 is 11.6 Å². The maximum absolute atomic E-state index is 5.96. The van der Waals surface area contributed by atoms with Crippen LogP contribution in [-0.2, 0) is 0 Å². The number of hydrogen-bond acceptors (Lipinski definition) is 4. The molecule has 0 radical (unpaired) electrons. The van der Waals surface area contributed by atoms with Gasteiger partial charge in [0.05, 0.1) is 6.20 Å². The molecule has 0 bridgehead atoms. The van der Waals surface area contributed by atoms with Crippen LogP contribution in [0.15, 0.2) is 12.5 Å². The molecule has 1 aromatic heterocycles. The first-order valence-corrected chi connectivity index (χ1v) is 5.37. The number of nitrogens with two attached hydrogens (primary N) is 1. The third-order valence-electron chi connectivity index (χ3n) is 3.32. The highest BCUT2D eigenvalue weighted by atomic mass is 35.5. The first-order valence-electron chi connectivity index (χ1n) is 4.99. The van der Waals surface area contributed by atoms with Gasteiger partial charge in [0.2, 0.25) is 0 Å². The highest BCUT2D eigenvalue weighted by molar-refractivity contribution is 6.32. The first-order chi connectivity index (χ1) is 7.01. The molecule has 1 fully saturated rings. The summed E-state index contributed by atoms with van der Waals surface area (Å²) in [6.45, 7) is 4.29. The number of anilines is 1. The van der Waals surface area contributed by atoms with E-state index in [4.69, 9.17) is 17.3 Å². The van der Waals surface area contributed by atoms with Crippen molar-refractivity contribution in [1.82, 2.24) is 9.97 Å². The Balaban J connectivity index is 2.08. The van der Waals surface area contributed by atoms with Crippen LogP contribution in [0.25, 0.3) is 0 Å². The Morgan fingerprint density at radius 2 is 2.33 bits per heavy atom. The predicted molar refractivity (Wildman–Crippen MR) is 60.8 cm³/mol. The summed E-state index contributed by atoms with van der Waals surface area (Å²) < 4.78 is 0. The summed E-state index contributed by atoms with van der Waals surface area (Å²) in [5.41, 5.74) is 6.02. The van der Waals surface area contributed by atoms with E-state index in [1.165, 1.54) is 6.33 Å². The molecule has 15 heavy (non-hydrogen) atoms. The van der Waals surface area contributed by atoms with Gasteiger partial charge in [0, 0.05) is 17.5 Å². The molecular weight excluding hydrogens is 212 g/mol. The summed E-state index contributed by atoms with van der Waals surface area (Å²) in [7, 11) is 0. The summed E-state index contributed by atoms with van der Waals surface area (Å²) >= 11 is 5.96. The first kappa shape index (κ1) is 10.6. The second kappa shape index (κ2) is 3.61. The van der Waals surface area contributed by atoms with Gasteiger partial charge < -0.3 is 11.1 Å². The fourth-order valence-electron chi connectivity index (χ4n) is 1.79. The van der Waals surface area contributed by atoms with Gasteiger partial charge in [-0.15, -0.1) is 0 Å². The topological polar surface area (TPSA) is 63.8 Å². The lowest BCUT2D eigenvalue weighted by Gasteiger charge is -2.50. The van der Waals surface area contributed by atoms with E-state index < -0.39 is 0 Å². The van der Waals surface area contributed by atoms with Crippen LogP contribution in [0, 0.1) is 5.41 Å². The van der Waals surface area contributed by atoms with Crippen LogP contribution in [0.4, 0.5) is 5.82 Å². The molecule has 3 N–H and O–H groups in total. The fraction of sp³-hybridized carbons (Fsp3) is 0.600. The van der Waals surface area contributed by atoms with Crippen molar-refractivity contribution in [1.29, 1.82) is 0 Å². The van der Waals surface area contributed by atoms with E-state index >= 15 is 0 Å². The quantitative estimate of drug-likeness (QED) is 0.805. The Kier molecular flexibility index (Phi) is 2.56. The zero-order chi connectivity index (χ0) is 11.1. The molecule has 2 unspecified atom stereocenters. The molecular formula is C10H15ClN4. The van der Waals surface area contributed by atoms with Gasteiger partial charge >= 0.3 is 0 Å². The van der Waals surface area contributed by atoms with Crippen molar-refractivity contribution in [3.8, 4) is 0 Å². The normalized spacial score (nSPS) is 28.3. The zero-order valence-corrected chi connectivity index (χ0v) is 9.62. The smallest absolute Gasteiger partial charge is 0.148 e. The summed E-state index contributed by atoms with van der Waals surface area (Å²) in [6.07, 6.45) is 4.02. The Morgan fingerprint density at radius 3 is 2.87 bits per heavy atom. The third-order valence-corrected chi connectivity index (χ3v) is 3.60. The highest BCUT2D eigenvalue weighted by Gasteiger charge is 2.46. The summed E-state index contributed by atoms with van der Waals surface area (Å²) in [5.74, 6) is 0.691. The Bertz CT molecular complexity index is 366. The van der Waals surface area contributed by atoms with Gasteiger partial charge in [0.25, 0.3) is 0 Å². The molecule has 0 amide bonds. The van der Waals surface area contributed by atoms with Gasteiger partial charge in [-0.2, -0.15) is 0 Å². The standard InChI is InChI=1S/C10H15ClN4/c1-10(2)7(12)3-8(10)15-9-6(11)4-13-5-14-9/h4-5,7-8H,3,12H2,1-2H3,(H,13,14,15). The van der Waals surface area contributed by atoms with E-state index in [0.717, 1.165) is 6.42 Å². The van der Waals surface area contributed by atoms with Crippen LogP contribution < -0.4 is 11.1 Å². The van der Waals surface area contributed by atoms with E-state index in [1.807, 2.05) is 0 Å². The molecule has 1 heterocycles. The van der Waals surface area contributed by atoms with Gasteiger partial charge in [-0.05, 0) is 6.42 Å². The number of halogens is 1. The number of nitrogens with zero attached hydrogens (tertiary/aromatic N) is 2. The summed E-state index contributed by atoms with van der Waals surface area (Å²) in [4.78, 5) is 7.94. The van der Waals surface area contributed by atoms with E-state index in [9.17, 15) is 0 Å². The monoisotopic (exact) mass is 226 g/mol. The minimum Gasteiger partial charge on any atom is -0.365 e. The summed E-state index contributed by atoms with van der Waals surface area (Å²) in [5, 5.41) is 3.85. The molecule has 2 atom stereocenters. The molecule has 1 saturated carbocycles. The van der Waals surface area contributed by atoms with E-state index in [1.54, 1.807) is 6.20 Å². The van der Waals surface area contributed by atoms with Crippen molar-refractivity contribution < 1.29 is 0 Å². The Labute approximate surface area is 94.2 Å². The second-order valence-electron chi connectivity index (χ2n) is 4.58. The molecule has 1 aliphatic rings. The number of aromatic nitrogens is 2. The average Bonchev–Trinajstić information content (AvgIpc) is 2.20. The minimum atomic E-state index is 0.0915. The lowest BCUT2D eigenvalue weighted by atomic mass is 9.63. The molecule has 0 aromatic carbocycles. The highest BCUT2D eigenvalue weighted by Crippen LogP contribution is 2.41. The number of rotatable bonds is 2. The predicted octanol–water partition coefficient (Wildman–Crippen LogP) is 1.67. The lowest BCUT2D eigenvalue weighted by Crippen LogP contribution is -2.61. The molecule has 0 aliphatic heterocycles. The van der Waals surface area contributed by atoms with Crippen LogP contribution in [-0.4, -0.2) is 22.1 Å². The average molecular weight is 227 g/mol. The lowest BCUT2D eigenvalue weighted by molar-refractivity contribution is 0.117. The zero-order valence-electron chi connectivity index (χ0n) is 8.87. The molecule has 1 aliphatic carbocycles. The second-order valence-corrected chi connectivity index (χ2v) is 4.99. The van der Waals surface area contributed by atoms with Crippen molar-refractivity contribution in [3.63, 3.8) is 0 Å². The van der Waals surface area contributed by atoms with Crippen molar-refractivity contribution in [2.45, 2.75) is 32.4 Å². The van der Waals surface area contributed by atoms with Crippen molar-refractivity contribution in [2.75, 3.05) is 5.32 Å². The van der Waals surface area contributed by atoms with E-state index in [-0.39, 0.29) is 11.5 Å². The summed E-state index contributed by atoms with van der Waals surface area (Å²) in [6, 6.07) is 0.579. The Morgan fingerprint density at radius 1 is 1.60 bits per heavy atom. The number of hydrogen-bond donors (Lipinski definition) is 2. The Hall–Kier alpha value is -0.870. The maximum Gasteiger partial charge on any atom is 0.148 e. The largest absolute Gasteiger partial charge is 0.365 e. The van der Waals surface area contributed by atoms with Crippen LogP contribution in [0.2, 0.25) is 5.02 Å². The van der Waals surface area contributed by atoms with Gasteiger partial charge in [0.15, 0.2) is 0 Å². The molecule has 1 aromatic rings. The van der Waals surface area contributed by atoms with Crippen LogP contribution in [0.3, 0.4) is 0 Å². The van der Waals surface area contributed by atoms with E-state index in [0.29, 0.717) is 16.9 Å². The van der Waals surface area contributed by atoms with Crippen molar-refractivity contribution >= 4 is 17.4 Å². The maximum atomic E-state index is 5.96. The van der Waals surface area contributed by atoms with Crippen LogP contribution in [0.1, 0.15) is 20.3 Å². The minimum absolute atomic E-state index is 0.0915. The molecule has 0 spiro atoms. The number of nitrogens with one attached hydrogen (secondary N) is 1. The van der Waals surface area contributed by atoms with Crippen molar-refractivity contribution in [3.05, 3.63) is 17.5 Å². The third kappa shape index (κ3) is 1.79. The molecule has 2 rings (SSSR count). The molecule has 5 heteroatoms. The van der Waals surface area contributed by atoms with Gasteiger partial charge in [-0.1, -0.05) is 25.4 Å². The van der Waals surface area contributed by atoms with Crippen LogP contribution in [0.5, 0.6) is 0 Å². The van der Waals surface area contributed by atoms with Crippen molar-refractivity contribution in [2.24, 2.45) is 11.1 Å².